The van der Waals surface area contributed by atoms with Crippen LogP contribution in [0, 0.1) is 0 Å². The maximum atomic E-state index is 13.6. The van der Waals surface area contributed by atoms with E-state index in [4.69, 9.17) is 28.4 Å². The van der Waals surface area contributed by atoms with Gasteiger partial charge < -0.3 is 33.5 Å². The smallest absolute Gasteiger partial charge is 0.338 e. The largest absolute Gasteiger partial charge is 0.508 e. The molecule has 5 aromatic carbocycles. The summed E-state index contributed by atoms with van der Waals surface area (Å²) in [4.78, 5) is 13.6. The van der Waals surface area contributed by atoms with Gasteiger partial charge in [0.05, 0.1) is 32.0 Å². The number of carbonyl (C=O) groups excluding carboxylic acids is 1. The van der Waals surface area contributed by atoms with Gasteiger partial charge in [-0.3, -0.25) is 0 Å². The molecular formula is C40H38O8. The standard InChI is InChI=1S/C40H38O8/c41-33-21-23-34(24-22-33)46-40-38(48-39(42)32-19-11-4-12-20-32)37(45-27-31-17-9-3-10-18-31)36(44-26-30-15-7-2-8-16-30)35(47-40)28-43-25-29-13-5-1-6-14-29/h1-24,35-38,40-41H,25-28H2/t35-,36+,37+,38-,40-/m1/s1. The summed E-state index contributed by atoms with van der Waals surface area (Å²) >= 11 is 0. The Labute approximate surface area is 280 Å². The van der Waals surface area contributed by atoms with Crippen LogP contribution in [0.5, 0.6) is 11.5 Å². The van der Waals surface area contributed by atoms with E-state index in [1.807, 2.05) is 97.1 Å². The van der Waals surface area contributed by atoms with E-state index in [1.54, 1.807) is 36.4 Å². The Morgan fingerprint density at radius 1 is 0.583 bits per heavy atom. The van der Waals surface area contributed by atoms with E-state index in [0.29, 0.717) is 17.9 Å². The van der Waals surface area contributed by atoms with Crippen molar-refractivity contribution in [3.63, 3.8) is 0 Å². The van der Waals surface area contributed by atoms with Crippen LogP contribution in [-0.2, 0) is 43.5 Å². The van der Waals surface area contributed by atoms with Crippen molar-refractivity contribution in [3.8, 4) is 11.5 Å². The van der Waals surface area contributed by atoms with E-state index < -0.39 is 36.7 Å². The third kappa shape index (κ3) is 9.08. The Balaban J connectivity index is 1.34. The van der Waals surface area contributed by atoms with E-state index in [2.05, 4.69) is 0 Å². The molecule has 246 valence electrons. The molecule has 1 saturated heterocycles. The van der Waals surface area contributed by atoms with Gasteiger partial charge in [-0.05, 0) is 53.1 Å². The number of hydrogen-bond donors (Lipinski definition) is 1. The lowest BCUT2D eigenvalue weighted by atomic mass is 9.97. The molecule has 1 heterocycles. The summed E-state index contributed by atoms with van der Waals surface area (Å²) in [6.45, 7) is 0.990. The molecule has 5 atom stereocenters. The van der Waals surface area contributed by atoms with E-state index in [9.17, 15) is 9.90 Å². The second-order valence-corrected chi connectivity index (χ2v) is 11.4. The highest BCUT2D eigenvalue weighted by atomic mass is 16.7. The van der Waals surface area contributed by atoms with Crippen molar-refractivity contribution in [2.24, 2.45) is 0 Å². The summed E-state index contributed by atoms with van der Waals surface area (Å²) in [6, 6.07) is 44.4. The molecule has 0 saturated carbocycles. The topological polar surface area (TPSA) is 92.7 Å². The van der Waals surface area contributed by atoms with Crippen LogP contribution in [0.2, 0.25) is 0 Å². The summed E-state index contributed by atoms with van der Waals surface area (Å²) < 4.78 is 38.6. The second-order valence-electron chi connectivity index (χ2n) is 11.4. The number of phenolic OH excluding ortho intramolecular Hbond substituents is 1. The lowest BCUT2D eigenvalue weighted by Crippen LogP contribution is -2.63. The Morgan fingerprint density at radius 3 is 1.65 bits per heavy atom. The van der Waals surface area contributed by atoms with Crippen LogP contribution in [0.4, 0.5) is 0 Å². The first-order chi connectivity index (χ1) is 23.6. The van der Waals surface area contributed by atoms with Gasteiger partial charge in [0.25, 0.3) is 0 Å². The van der Waals surface area contributed by atoms with Crippen LogP contribution < -0.4 is 4.74 Å². The number of benzene rings is 5. The molecule has 1 N–H and O–H groups in total. The zero-order valence-electron chi connectivity index (χ0n) is 26.4. The SMILES string of the molecule is O=C(O[C@H]1[C@H](Oc2ccc(O)cc2)O[C@H](COCc2ccccc2)[C@H](OCc2ccccc2)[C@@H]1OCc1ccccc1)c1ccccc1. The minimum atomic E-state index is -1.11. The van der Waals surface area contributed by atoms with Gasteiger partial charge in [-0.2, -0.15) is 0 Å². The van der Waals surface area contributed by atoms with Crippen molar-refractivity contribution in [1.82, 2.24) is 0 Å². The third-order valence-electron chi connectivity index (χ3n) is 7.90. The Morgan fingerprint density at radius 2 is 1.08 bits per heavy atom. The average Bonchev–Trinajstić information content (AvgIpc) is 3.14. The molecule has 48 heavy (non-hydrogen) atoms. The van der Waals surface area contributed by atoms with Gasteiger partial charge in [-0.1, -0.05) is 109 Å². The molecule has 0 bridgehead atoms. The monoisotopic (exact) mass is 646 g/mol. The Bertz CT molecular complexity index is 1670. The van der Waals surface area contributed by atoms with Gasteiger partial charge in [0, 0.05) is 0 Å². The molecule has 8 heteroatoms. The third-order valence-corrected chi connectivity index (χ3v) is 7.90. The molecule has 1 aliphatic rings. The molecule has 0 unspecified atom stereocenters. The number of hydrogen-bond acceptors (Lipinski definition) is 8. The fourth-order valence-electron chi connectivity index (χ4n) is 5.45. The number of phenols is 1. The van der Waals surface area contributed by atoms with Gasteiger partial charge in [-0.25, -0.2) is 4.79 Å². The quantitative estimate of drug-likeness (QED) is 0.128. The van der Waals surface area contributed by atoms with Crippen LogP contribution in [0.3, 0.4) is 0 Å². The Hall–Kier alpha value is -4.99. The summed E-state index contributed by atoms with van der Waals surface area (Å²) in [5, 5.41) is 9.89. The molecule has 0 radical (unpaired) electrons. The van der Waals surface area contributed by atoms with E-state index in [1.165, 1.54) is 12.1 Å². The molecule has 8 nitrogen and oxygen atoms in total. The van der Waals surface area contributed by atoms with E-state index >= 15 is 0 Å². The van der Waals surface area contributed by atoms with Gasteiger partial charge in [0.15, 0.2) is 6.10 Å². The predicted octanol–water partition coefficient (Wildman–Crippen LogP) is 7.11. The lowest BCUT2D eigenvalue weighted by Gasteiger charge is -2.45. The minimum Gasteiger partial charge on any atom is -0.508 e. The average molecular weight is 647 g/mol. The molecule has 0 aliphatic carbocycles. The maximum absolute atomic E-state index is 13.6. The Kier molecular flexibility index (Phi) is 11.5. The molecule has 0 amide bonds. The highest BCUT2D eigenvalue weighted by Crippen LogP contribution is 2.33. The molecule has 1 fully saturated rings. The van der Waals surface area contributed by atoms with Crippen LogP contribution >= 0.6 is 0 Å². The highest BCUT2D eigenvalue weighted by molar-refractivity contribution is 5.89. The number of esters is 1. The number of carbonyl (C=O) groups is 1. The van der Waals surface area contributed by atoms with Crippen molar-refractivity contribution in [1.29, 1.82) is 0 Å². The van der Waals surface area contributed by atoms with Crippen LogP contribution in [0.15, 0.2) is 146 Å². The van der Waals surface area contributed by atoms with Crippen molar-refractivity contribution < 1.29 is 38.3 Å². The second kappa shape index (κ2) is 16.7. The first kappa shape index (κ1) is 32.9. The lowest BCUT2D eigenvalue weighted by molar-refractivity contribution is -0.298. The van der Waals surface area contributed by atoms with Crippen molar-refractivity contribution in [2.75, 3.05) is 6.61 Å². The summed E-state index contributed by atoms with van der Waals surface area (Å²) in [5.41, 5.74) is 3.28. The normalized spacial score (nSPS) is 20.5. The fourth-order valence-corrected chi connectivity index (χ4v) is 5.45. The predicted molar refractivity (Wildman–Crippen MR) is 179 cm³/mol. The summed E-state index contributed by atoms with van der Waals surface area (Å²) in [6.07, 6.45) is -4.39. The summed E-state index contributed by atoms with van der Waals surface area (Å²) in [5.74, 6) is -0.0602. The number of ether oxygens (including phenoxy) is 6. The molecule has 6 rings (SSSR count). The molecular weight excluding hydrogens is 608 g/mol. The van der Waals surface area contributed by atoms with Crippen LogP contribution in [0.1, 0.15) is 27.0 Å². The van der Waals surface area contributed by atoms with Gasteiger partial charge in [-0.15, -0.1) is 0 Å². The zero-order valence-corrected chi connectivity index (χ0v) is 26.4. The van der Waals surface area contributed by atoms with Gasteiger partial charge >= 0.3 is 5.97 Å². The van der Waals surface area contributed by atoms with E-state index in [-0.39, 0.29) is 25.6 Å². The molecule has 0 spiro atoms. The fraction of sp³-hybridized carbons (Fsp3) is 0.225. The molecule has 1 aliphatic heterocycles. The first-order valence-electron chi connectivity index (χ1n) is 15.9. The van der Waals surface area contributed by atoms with E-state index in [0.717, 1.165) is 16.7 Å². The zero-order chi connectivity index (χ0) is 33.0. The number of rotatable bonds is 14. The molecule has 5 aromatic rings. The van der Waals surface area contributed by atoms with Crippen LogP contribution in [-0.4, -0.2) is 48.4 Å². The first-order valence-corrected chi connectivity index (χ1v) is 15.9. The molecule has 0 aromatic heterocycles. The van der Waals surface area contributed by atoms with Crippen molar-refractivity contribution >= 4 is 5.97 Å². The van der Waals surface area contributed by atoms with Gasteiger partial charge in [0.1, 0.15) is 29.8 Å². The summed E-state index contributed by atoms with van der Waals surface area (Å²) in [7, 11) is 0. The van der Waals surface area contributed by atoms with Gasteiger partial charge in [0.2, 0.25) is 6.29 Å². The maximum Gasteiger partial charge on any atom is 0.338 e. The minimum absolute atomic E-state index is 0.0876. The van der Waals surface area contributed by atoms with Crippen molar-refractivity contribution in [2.45, 2.75) is 50.5 Å². The van der Waals surface area contributed by atoms with Crippen LogP contribution in [0.25, 0.3) is 0 Å². The van der Waals surface area contributed by atoms with Crippen molar-refractivity contribution in [3.05, 3.63) is 168 Å². The highest BCUT2D eigenvalue weighted by Gasteiger charge is 2.51. The number of aromatic hydroxyl groups is 1.